The van der Waals surface area contributed by atoms with Gasteiger partial charge in [-0.1, -0.05) is 41.1 Å². The maximum absolute atomic E-state index is 13.6. The van der Waals surface area contributed by atoms with E-state index in [0.717, 1.165) is 23.0 Å². The molecule has 1 unspecified atom stereocenters. The van der Waals surface area contributed by atoms with Crippen molar-refractivity contribution in [2.24, 2.45) is 0 Å². The second-order valence-electron chi connectivity index (χ2n) is 5.40. The summed E-state index contributed by atoms with van der Waals surface area (Å²) in [5.74, 6) is -0.198. The second-order valence-corrected chi connectivity index (χ2v) is 6.25. The molecular formula is C18H21BrFN. The Kier molecular flexibility index (Phi) is 5.54. The van der Waals surface area contributed by atoms with E-state index in [-0.39, 0.29) is 11.9 Å². The summed E-state index contributed by atoms with van der Waals surface area (Å²) in [6, 6.07) is 11.5. The van der Waals surface area contributed by atoms with Crippen molar-refractivity contribution in [3.8, 4) is 0 Å². The van der Waals surface area contributed by atoms with Gasteiger partial charge in [-0.2, -0.15) is 0 Å². The number of nitrogens with one attached hydrogen (secondary N) is 1. The van der Waals surface area contributed by atoms with Crippen molar-refractivity contribution in [3.63, 3.8) is 0 Å². The topological polar surface area (TPSA) is 12.0 Å². The molecular weight excluding hydrogens is 329 g/mol. The van der Waals surface area contributed by atoms with Crippen LogP contribution in [0.4, 0.5) is 4.39 Å². The van der Waals surface area contributed by atoms with Gasteiger partial charge in [0.25, 0.3) is 0 Å². The van der Waals surface area contributed by atoms with E-state index in [0.29, 0.717) is 0 Å². The van der Waals surface area contributed by atoms with Gasteiger partial charge in [0.05, 0.1) is 0 Å². The Morgan fingerprint density at radius 3 is 2.52 bits per heavy atom. The first kappa shape index (κ1) is 16.2. The third-order valence-corrected chi connectivity index (χ3v) is 4.52. The molecule has 2 rings (SSSR count). The van der Waals surface area contributed by atoms with Gasteiger partial charge in [0.15, 0.2) is 0 Å². The highest BCUT2D eigenvalue weighted by molar-refractivity contribution is 9.10. The van der Waals surface area contributed by atoms with E-state index in [1.54, 1.807) is 12.1 Å². The van der Waals surface area contributed by atoms with Crippen molar-refractivity contribution in [1.82, 2.24) is 5.32 Å². The monoisotopic (exact) mass is 349 g/mol. The fraction of sp³-hybridized carbons (Fsp3) is 0.333. The fourth-order valence-electron chi connectivity index (χ4n) is 2.49. The van der Waals surface area contributed by atoms with Crippen LogP contribution in [0, 0.1) is 19.7 Å². The second kappa shape index (κ2) is 7.19. The number of halogens is 2. The quantitative estimate of drug-likeness (QED) is 0.791. The van der Waals surface area contributed by atoms with Crippen LogP contribution < -0.4 is 5.32 Å². The van der Waals surface area contributed by atoms with Crippen molar-refractivity contribution in [1.29, 1.82) is 0 Å². The fourth-order valence-corrected chi connectivity index (χ4v) is 3.01. The average Bonchev–Trinajstić information content (AvgIpc) is 2.45. The summed E-state index contributed by atoms with van der Waals surface area (Å²) in [6.07, 6.45) is 0.844. The molecule has 3 heteroatoms. The average molecular weight is 350 g/mol. The number of aryl methyl sites for hydroxylation is 2. The molecule has 0 bridgehead atoms. The van der Waals surface area contributed by atoms with E-state index in [1.807, 2.05) is 0 Å². The van der Waals surface area contributed by atoms with E-state index < -0.39 is 0 Å². The minimum atomic E-state index is -0.198. The van der Waals surface area contributed by atoms with Crippen LogP contribution in [0.3, 0.4) is 0 Å². The minimum Gasteiger partial charge on any atom is -0.310 e. The Morgan fingerprint density at radius 1 is 1.10 bits per heavy atom. The molecule has 0 saturated heterocycles. The van der Waals surface area contributed by atoms with Gasteiger partial charge in [0.2, 0.25) is 0 Å². The smallest absolute Gasteiger partial charge is 0.123 e. The number of hydrogen-bond donors (Lipinski definition) is 1. The summed E-state index contributed by atoms with van der Waals surface area (Å²) < 4.78 is 14.5. The molecule has 1 atom stereocenters. The van der Waals surface area contributed by atoms with Crippen LogP contribution in [0.25, 0.3) is 0 Å². The maximum atomic E-state index is 13.6. The molecule has 0 aliphatic carbocycles. The summed E-state index contributed by atoms with van der Waals surface area (Å²) in [7, 11) is 0. The first-order valence-corrected chi connectivity index (χ1v) is 8.05. The van der Waals surface area contributed by atoms with Gasteiger partial charge in [0.1, 0.15) is 5.82 Å². The van der Waals surface area contributed by atoms with Crippen LogP contribution in [-0.2, 0) is 6.42 Å². The van der Waals surface area contributed by atoms with E-state index in [4.69, 9.17) is 0 Å². The van der Waals surface area contributed by atoms with Crippen LogP contribution in [0.2, 0.25) is 0 Å². The summed E-state index contributed by atoms with van der Waals surface area (Å²) >= 11 is 3.53. The Hall–Kier alpha value is -1.19. The normalized spacial score (nSPS) is 12.4. The van der Waals surface area contributed by atoms with Crippen molar-refractivity contribution < 1.29 is 4.39 Å². The Balaban J connectivity index is 2.30. The standard InChI is InChI=1S/C18H21BrFN/c1-4-21-18(16-11-15(20)7-8-17(16)19)10-14-6-5-12(2)13(3)9-14/h5-9,11,18,21H,4,10H2,1-3H3. The predicted molar refractivity (Wildman–Crippen MR) is 90.1 cm³/mol. The summed E-state index contributed by atoms with van der Waals surface area (Å²) in [5, 5.41) is 3.45. The van der Waals surface area contributed by atoms with Gasteiger partial charge >= 0.3 is 0 Å². The molecule has 2 aromatic rings. The molecule has 0 fully saturated rings. The maximum Gasteiger partial charge on any atom is 0.123 e. The zero-order valence-corrected chi connectivity index (χ0v) is 14.3. The lowest BCUT2D eigenvalue weighted by Crippen LogP contribution is -2.23. The van der Waals surface area contributed by atoms with Crippen molar-refractivity contribution in [2.75, 3.05) is 6.54 Å². The molecule has 1 N–H and O–H groups in total. The molecule has 0 radical (unpaired) electrons. The van der Waals surface area contributed by atoms with E-state index in [2.05, 4.69) is 60.2 Å². The number of rotatable bonds is 5. The molecule has 21 heavy (non-hydrogen) atoms. The molecule has 0 heterocycles. The van der Waals surface area contributed by atoms with E-state index >= 15 is 0 Å². The Morgan fingerprint density at radius 2 is 1.86 bits per heavy atom. The lowest BCUT2D eigenvalue weighted by atomic mass is 9.96. The van der Waals surface area contributed by atoms with Gasteiger partial charge in [-0.15, -0.1) is 0 Å². The van der Waals surface area contributed by atoms with E-state index in [9.17, 15) is 4.39 Å². The molecule has 0 aliphatic heterocycles. The lowest BCUT2D eigenvalue weighted by molar-refractivity contribution is 0.540. The van der Waals surface area contributed by atoms with Gasteiger partial charge in [0, 0.05) is 10.5 Å². The van der Waals surface area contributed by atoms with Crippen LogP contribution >= 0.6 is 15.9 Å². The third-order valence-electron chi connectivity index (χ3n) is 3.80. The molecule has 1 nitrogen and oxygen atoms in total. The van der Waals surface area contributed by atoms with Crippen LogP contribution in [-0.4, -0.2) is 6.54 Å². The minimum absolute atomic E-state index is 0.0992. The van der Waals surface area contributed by atoms with Crippen LogP contribution in [0.5, 0.6) is 0 Å². The zero-order chi connectivity index (χ0) is 15.4. The number of likely N-dealkylation sites (N-methyl/N-ethyl adjacent to an activating group) is 1. The molecule has 2 aromatic carbocycles. The molecule has 0 aliphatic rings. The van der Waals surface area contributed by atoms with Crippen molar-refractivity contribution >= 4 is 15.9 Å². The first-order valence-electron chi connectivity index (χ1n) is 7.25. The third kappa shape index (κ3) is 4.14. The summed E-state index contributed by atoms with van der Waals surface area (Å²) in [4.78, 5) is 0. The Bertz CT molecular complexity index is 625. The van der Waals surface area contributed by atoms with Gasteiger partial charge < -0.3 is 5.32 Å². The molecule has 0 aromatic heterocycles. The first-order chi connectivity index (χ1) is 10.0. The van der Waals surface area contributed by atoms with E-state index in [1.165, 1.54) is 22.8 Å². The summed E-state index contributed by atoms with van der Waals surface area (Å²) in [5.41, 5.74) is 4.82. The van der Waals surface area contributed by atoms with Crippen molar-refractivity contribution in [3.05, 3.63) is 68.9 Å². The molecule has 0 spiro atoms. The van der Waals surface area contributed by atoms with Gasteiger partial charge in [-0.05, 0) is 67.3 Å². The highest BCUT2D eigenvalue weighted by Crippen LogP contribution is 2.27. The molecule has 112 valence electrons. The number of hydrogen-bond acceptors (Lipinski definition) is 1. The lowest BCUT2D eigenvalue weighted by Gasteiger charge is -2.20. The van der Waals surface area contributed by atoms with Gasteiger partial charge in [-0.25, -0.2) is 4.39 Å². The zero-order valence-electron chi connectivity index (χ0n) is 12.7. The SMILES string of the molecule is CCNC(Cc1ccc(C)c(C)c1)c1cc(F)ccc1Br. The number of benzene rings is 2. The van der Waals surface area contributed by atoms with Gasteiger partial charge in [-0.3, -0.25) is 0 Å². The highest BCUT2D eigenvalue weighted by Gasteiger charge is 2.15. The summed E-state index contributed by atoms with van der Waals surface area (Å²) in [6.45, 7) is 7.16. The van der Waals surface area contributed by atoms with Crippen LogP contribution in [0.1, 0.15) is 35.2 Å². The highest BCUT2D eigenvalue weighted by atomic mass is 79.9. The molecule has 0 amide bonds. The van der Waals surface area contributed by atoms with Crippen molar-refractivity contribution in [2.45, 2.75) is 33.2 Å². The van der Waals surface area contributed by atoms with Crippen LogP contribution in [0.15, 0.2) is 40.9 Å². The Labute approximate surface area is 134 Å². The largest absolute Gasteiger partial charge is 0.310 e. The predicted octanol–water partition coefficient (Wildman–Crippen LogP) is 5.10. The molecule has 0 saturated carbocycles.